The Kier molecular flexibility index (Phi) is 4.79. The van der Waals surface area contributed by atoms with E-state index >= 15 is 0 Å². The lowest BCUT2D eigenvalue weighted by molar-refractivity contribution is -0.136. The standard InChI is InChI=1S/C12H17NO3/c1-9(13-8-12(14)15)7-10-5-3-4-6-11(10)16-2/h3-6,9,13H,7-8H2,1-2H3,(H,14,15). The molecule has 0 heterocycles. The van der Waals surface area contributed by atoms with Crippen LogP contribution in [0.1, 0.15) is 12.5 Å². The van der Waals surface area contributed by atoms with Crippen molar-refractivity contribution in [1.29, 1.82) is 0 Å². The Balaban J connectivity index is 2.55. The highest BCUT2D eigenvalue weighted by Gasteiger charge is 2.08. The molecule has 0 spiro atoms. The van der Waals surface area contributed by atoms with Gasteiger partial charge in [0, 0.05) is 6.04 Å². The number of aliphatic carboxylic acids is 1. The van der Waals surface area contributed by atoms with E-state index in [1.807, 2.05) is 31.2 Å². The molecule has 0 aliphatic carbocycles. The zero-order chi connectivity index (χ0) is 12.0. The molecule has 0 amide bonds. The molecule has 0 bridgehead atoms. The summed E-state index contributed by atoms with van der Waals surface area (Å²) in [4.78, 5) is 10.4. The zero-order valence-electron chi connectivity index (χ0n) is 9.56. The maximum atomic E-state index is 10.4. The van der Waals surface area contributed by atoms with Gasteiger partial charge < -0.3 is 15.2 Å². The van der Waals surface area contributed by atoms with Crippen molar-refractivity contribution in [2.45, 2.75) is 19.4 Å². The molecule has 0 radical (unpaired) electrons. The Hall–Kier alpha value is -1.55. The number of benzene rings is 1. The van der Waals surface area contributed by atoms with E-state index in [4.69, 9.17) is 9.84 Å². The van der Waals surface area contributed by atoms with Crippen LogP contribution in [-0.2, 0) is 11.2 Å². The van der Waals surface area contributed by atoms with Crippen molar-refractivity contribution < 1.29 is 14.6 Å². The van der Waals surface area contributed by atoms with Gasteiger partial charge >= 0.3 is 5.97 Å². The molecule has 0 saturated heterocycles. The maximum Gasteiger partial charge on any atom is 0.317 e. The predicted molar refractivity (Wildman–Crippen MR) is 61.8 cm³/mol. The topological polar surface area (TPSA) is 58.6 Å². The number of carboxylic acids is 1. The normalized spacial score (nSPS) is 12.1. The van der Waals surface area contributed by atoms with E-state index in [0.29, 0.717) is 0 Å². The summed E-state index contributed by atoms with van der Waals surface area (Å²) < 4.78 is 5.23. The zero-order valence-corrected chi connectivity index (χ0v) is 9.56. The molecule has 2 N–H and O–H groups in total. The minimum absolute atomic E-state index is 0.0175. The first-order chi connectivity index (χ1) is 7.63. The average molecular weight is 223 g/mol. The molecule has 88 valence electrons. The third-order valence-electron chi connectivity index (χ3n) is 2.32. The highest BCUT2D eigenvalue weighted by atomic mass is 16.5. The van der Waals surface area contributed by atoms with Crippen LogP contribution in [0.15, 0.2) is 24.3 Å². The molecule has 0 fully saturated rings. The van der Waals surface area contributed by atoms with Crippen LogP contribution in [0.5, 0.6) is 5.75 Å². The Morgan fingerprint density at radius 3 is 2.81 bits per heavy atom. The molecule has 1 unspecified atom stereocenters. The summed E-state index contributed by atoms with van der Waals surface area (Å²) in [5.74, 6) is -0.00153. The van der Waals surface area contributed by atoms with Crippen LogP contribution < -0.4 is 10.1 Å². The SMILES string of the molecule is COc1ccccc1CC(C)NCC(=O)O. The number of rotatable bonds is 6. The summed E-state index contributed by atoms with van der Waals surface area (Å²) in [7, 11) is 1.63. The van der Waals surface area contributed by atoms with Crippen LogP contribution in [0.4, 0.5) is 0 Å². The van der Waals surface area contributed by atoms with Crippen LogP contribution in [0.3, 0.4) is 0 Å². The second-order valence-electron chi connectivity index (χ2n) is 3.69. The van der Waals surface area contributed by atoms with Crippen molar-refractivity contribution in [2.75, 3.05) is 13.7 Å². The molecule has 1 rings (SSSR count). The van der Waals surface area contributed by atoms with E-state index in [0.717, 1.165) is 17.7 Å². The summed E-state index contributed by atoms with van der Waals surface area (Å²) in [5, 5.41) is 11.5. The van der Waals surface area contributed by atoms with Gasteiger partial charge in [-0.25, -0.2) is 0 Å². The van der Waals surface area contributed by atoms with Crippen molar-refractivity contribution in [3.8, 4) is 5.75 Å². The number of nitrogens with one attached hydrogen (secondary N) is 1. The van der Waals surface area contributed by atoms with E-state index in [2.05, 4.69) is 5.32 Å². The average Bonchev–Trinajstić information content (AvgIpc) is 2.27. The van der Waals surface area contributed by atoms with E-state index < -0.39 is 5.97 Å². The van der Waals surface area contributed by atoms with E-state index in [1.165, 1.54) is 0 Å². The fourth-order valence-electron chi connectivity index (χ4n) is 1.54. The van der Waals surface area contributed by atoms with Crippen molar-refractivity contribution in [3.63, 3.8) is 0 Å². The predicted octanol–water partition coefficient (Wildman–Crippen LogP) is 1.30. The van der Waals surface area contributed by atoms with Gasteiger partial charge in [-0.15, -0.1) is 0 Å². The second kappa shape index (κ2) is 6.12. The fourth-order valence-corrected chi connectivity index (χ4v) is 1.54. The first-order valence-electron chi connectivity index (χ1n) is 5.20. The molecule has 0 aliphatic heterocycles. The molecule has 1 atom stereocenters. The third kappa shape index (κ3) is 3.90. The number of carboxylic acid groups (broad SMARTS) is 1. The Bertz CT molecular complexity index is 352. The molecule has 0 saturated carbocycles. The summed E-state index contributed by atoms with van der Waals surface area (Å²) in [5.41, 5.74) is 1.08. The van der Waals surface area contributed by atoms with Gasteiger partial charge in [-0.1, -0.05) is 18.2 Å². The maximum absolute atomic E-state index is 10.4. The highest BCUT2D eigenvalue weighted by Crippen LogP contribution is 2.18. The molecular weight excluding hydrogens is 206 g/mol. The summed E-state index contributed by atoms with van der Waals surface area (Å²) >= 11 is 0. The number of hydrogen-bond acceptors (Lipinski definition) is 3. The lowest BCUT2D eigenvalue weighted by Gasteiger charge is -2.14. The van der Waals surface area contributed by atoms with Gasteiger partial charge in [0.15, 0.2) is 0 Å². The largest absolute Gasteiger partial charge is 0.496 e. The lowest BCUT2D eigenvalue weighted by Crippen LogP contribution is -2.32. The molecular formula is C12H17NO3. The number of methoxy groups -OCH3 is 1. The van der Waals surface area contributed by atoms with E-state index in [1.54, 1.807) is 7.11 Å². The second-order valence-corrected chi connectivity index (χ2v) is 3.69. The van der Waals surface area contributed by atoms with Gasteiger partial charge in [-0.3, -0.25) is 4.79 Å². The van der Waals surface area contributed by atoms with Crippen molar-refractivity contribution >= 4 is 5.97 Å². The molecule has 1 aromatic carbocycles. The lowest BCUT2D eigenvalue weighted by atomic mass is 10.1. The first-order valence-corrected chi connectivity index (χ1v) is 5.20. The Morgan fingerprint density at radius 2 is 2.19 bits per heavy atom. The summed E-state index contributed by atoms with van der Waals surface area (Å²) in [6, 6.07) is 7.85. The van der Waals surface area contributed by atoms with Crippen molar-refractivity contribution in [2.24, 2.45) is 0 Å². The number of ether oxygens (including phenoxy) is 1. The van der Waals surface area contributed by atoms with Gasteiger partial charge in [-0.2, -0.15) is 0 Å². The van der Waals surface area contributed by atoms with Gasteiger partial charge in [0.2, 0.25) is 0 Å². The first kappa shape index (κ1) is 12.5. The van der Waals surface area contributed by atoms with E-state index in [-0.39, 0.29) is 12.6 Å². The minimum atomic E-state index is -0.841. The fraction of sp³-hybridized carbons (Fsp3) is 0.417. The van der Waals surface area contributed by atoms with Crippen LogP contribution in [0.25, 0.3) is 0 Å². The quantitative estimate of drug-likeness (QED) is 0.763. The van der Waals surface area contributed by atoms with Gasteiger partial charge in [-0.05, 0) is 25.0 Å². The van der Waals surface area contributed by atoms with Gasteiger partial charge in [0.05, 0.1) is 13.7 Å². The monoisotopic (exact) mass is 223 g/mol. The smallest absolute Gasteiger partial charge is 0.317 e. The summed E-state index contributed by atoms with van der Waals surface area (Å²) in [6.07, 6.45) is 0.747. The number of carbonyl (C=O) groups is 1. The number of para-hydroxylation sites is 1. The molecule has 4 nitrogen and oxygen atoms in total. The van der Waals surface area contributed by atoms with Gasteiger partial charge in [0.1, 0.15) is 5.75 Å². The van der Waals surface area contributed by atoms with Crippen molar-refractivity contribution in [1.82, 2.24) is 5.32 Å². The molecule has 4 heteroatoms. The van der Waals surface area contributed by atoms with Crippen LogP contribution in [0.2, 0.25) is 0 Å². The molecule has 0 aromatic heterocycles. The highest BCUT2D eigenvalue weighted by molar-refractivity contribution is 5.69. The Labute approximate surface area is 95.2 Å². The van der Waals surface area contributed by atoms with Crippen LogP contribution >= 0.6 is 0 Å². The van der Waals surface area contributed by atoms with Crippen molar-refractivity contribution in [3.05, 3.63) is 29.8 Å². The molecule has 1 aromatic rings. The molecule has 0 aliphatic rings. The summed E-state index contributed by atoms with van der Waals surface area (Å²) in [6.45, 7) is 1.94. The third-order valence-corrected chi connectivity index (χ3v) is 2.32. The molecule has 16 heavy (non-hydrogen) atoms. The van der Waals surface area contributed by atoms with Gasteiger partial charge in [0.25, 0.3) is 0 Å². The minimum Gasteiger partial charge on any atom is -0.496 e. The van der Waals surface area contributed by atoms with Crippen LogP contribution in [0, 0.1) is 0 Å². The van der Waals surface area contributed by atoms with E-state index in [9.17, 15) is 4.79 Å². The van der Waals surface area contributed by atoms with Crippen LogP contribution in [-0.4, -0.2) is 30.8 Å². The Morgan fingerprint density at radius 1 is 1.50 bits per heavy atom. The number of hydrogen-bond donors (Lipinski definition) is 2.